The van der Waals surface area contributed by atoms with Crippen LogP contribution in [0.3, 0.4) is 0 Å². The smallest absolute Gasteiger partial charge is 0.150 e. The molecule has 0 saturated heterocycles. The van der Waals surface area contributed by atoms with Crippen LogP contribution in [0.5, 0.6) is 0 Å². The molecule has 0 radical (unpaired) electrons. The van der Waals surface area contributed by atoms with E-state index in [4.69, 9.17) is 5.26 Å². The van der Waals surface area contributed by atoms with E-state index in [-0.39, 0.29) is 0 Å². The normalized spacial score (nSPS) is 9.08. The molecule has 3 heteroatoms. The lowest BCUT2D eigenvalue weighted by atomic mass is 10.0. The van der Waals surface area contributed by atoms with Gasteiger partial charge in [0.2, 0.25) is 0 Å². The first-order valence-electron chi connectivity index (χ1n) is 3.34. The zero-order valence-electron chi connectivity index (χ0n) is 6.47. The molecule has 0 saturated carbocycles. The van der Waals surface area contributed by atoms with Crippen LogP contribution in [0.1, 0.15) is 21.5 Å². The summed E-state index contributed by atoms with van der Waals surface area (Å²) in [6.07, 6.45) is 0.776. The summed E-state index contributed by atoms with van der Waals surface area (Å²) in [6.45, 7) is 1.78. The van der Waals surface area contributed by atoms with Gasteiger partial charge in [-0.2, -0.15) is 5.26 Å². The van der Waals surface area contributed by atoms with E-state index in [9.17, 15) is 4.79 Å². The van der Waals surface area contributed by atoms with Gasteiger partial charge in [-0.25, -0.2) is 0 Å². The van der Waals surface area contributed by atoms with Gasteiger partial charge in [0.15, 0.2) is 0 Å². The number of benzene rings is 1. The maximum atomic E-state index is 10.5. The molecule has 0 aliphatic carbocycles. The van der Waals surface area contributed by atoms with Gasteiger partial charge in [0.1, 0.15) is 6.29 Å². The molecule has 12 heavy (non-hydrogen) atoms. The van der Waals surface area contributed by atoms with Crippen LogP contribution >= 0.6 is 22.6 Å². The SMILES string of the molecule is Cc1c(C#N)cc(I)cc1C=O. The van der Waals surface area contributed by atoms with Gasteiger partial charge < -0.3 is 0 Å². The number of aldehydes is 1. The van der Waals surface area contributed by atoms with Crippen LogP contribution in [0, 0.1) is 21.8 Å². The molecular formula is C9H6INO. The van der Waals surface area contributed by atoms with Gasteiger partial charge in [0.05, 0.1) is 11.6 Å². The van der Waals surface area contributed by atoms with Gasteiger partial charge in [-0.05, 0) is 47.2 Å². The fraction of sp³-hybridized carbons (Fsp3) is 0.111. The summed E-state index contributed by atoms with van der Waals surface area (Å²) in [5.74, 6) is 0. The third kappa shape index (κ3) is 1.64. The molecule has 2 nitrogen and oxygen atoms in total. The topological polar surface area (TPSA) is 40.9 Å². The molecule has 0 aromatic heterocycles. The molecule has 1 rings (SSSR count). The summed E-state index contributed by atoms with van der Waals surface area (Å²) in [6, 6.07) is 5.58. The van der Waals surface area contributed by atoms with E-state index in [1.807, 2.05) is 6.07 Å². The van der Waals surface area contributed by atoms with E-state index >= 15 is 0 Å². The lowest BCUT2D eigenvalue weighted by molar-refractivity contribution is 0.112. The number of nitrogens with zero attached hydrogens (tertiary/aromatic N) is 1. The quantitative estimate of drug-likeness (QED) is 0.580. The molecule has 0 aliphatic heterocycles. The number of nitriles is 1. The highest BCUT2D eigenvalue weighted by molar-refractivity contribution is 14.1. The van der Waals surface area contributed by atoms with Gasteiger partial charge in [-0.15, -0.1) is 0 Å². The molecule has 0 fully saturated rings. The van der Waals surface area contributed by atoms with Crippen molar-refractivity contribution >= 4 is 28.9 Å². The van der Waals surface area contributed by atoms with Crippen LogP contribution < -0.4 is 0 Å². The molecule has 1 aromatic carbocycles. The van der Waals surface area contributed by atoms with Gasteiger partial charge in [-0.3, -0.25) is 4.79 Å². The zero-order chi connectivity index (χ0) is 9.14. The highest BCUT2D eigenvalue weighted by Gasteiger charge is 2.04. The monoisotopic (exact) mass is 271 g/mol. The first kappa shape index (κ1) is 9.20. The second kappa shape index (κ2) is 3.68. The molecule has 0 unspecified atom stereocenters. The van der Waals surface area contributed by atoms with Crippen molar-refractivity contribution in [2.45, 2.75) is 6.92 Å². The number of carbonyl (C=O) groups is 1. The minimum Gasteiger partial charge on any atom is -0.298 e. The van der Waals surface area contributed by atoms with Crippen LogP contribution in [0.4, 0.5) is 0 Å². The summed E-state index contributed by atoms with van der Waals surface area (Å²) in [5, 5.41) is 8.69. The molecule has 0 aliphatic rings. The van der Waals surface area contributed by atoms with Gasteiger partial charge in [0.25, 0.3) is 0 Å². The third-order valence-electron chi connectivity index (χ3n) is 1.66. The molecule has 0 atom stereocenters. The van der Waals surface area contributed by atoms with Crippen molar-refractivity contribution in [1.29, 1.82) is 5.26 Å². The highest BCUT2D eigenvalue weighted by Crippen LogP contribution is 2.16. The van der Waals surface area contributed by atoms with Gasteiger partial charge in [-0.1, -0.05) is 0 Å². The largest absolute Gasteiger partial charge is 0.298 e. The van der Waals surface area contributed by atoms with Crippen LogP contribution in [0.15, 0.2) is 12.1 Å². The van der Waals surface area contributed by atoms with Gasteiger partial charge in [0, 0.05) is 9.13 Å². The van der Waals surface area contributed by atoms with Crippen molar-refractivity contribution in [2.24, 2.45) is 0 Å². The molecule has 0 bridgehead atoms. The van der Waals surface area contributed by atoms with E-state index in [0.717, 1.165) is 15.4 Å². The molecule has 0 spiro atoms. The number of rotatable bonds is 1. The standard InChI is InChI=1S/C9H6INO/c1-6-7(4-11)2-9(10)3-8(6)5-12/h2-3,5H,1H3. The highest BCUT2D eigenvalue weighted by atomic mass is 127. The fourth-order valence-electron chi connectivity index (χ4n) is 0.939. The van der Waals surface area contributed by atoms with Crippen LogP contribution in [-0.4, -0.2) is 6.29 Å². The minimum atomic E-state index is 0.573. The second-order valence-corrected chi connectivity index (χ2v) is 3.64. The number of hydrogen-bond acceptors (Lipinski definition) is 2. The van der Waals surface area contributed by atoms with E-state index in [2.05, 4.69) is 22.6 Å². The Bertz CT molecular complexity index is 366. The number of carbonyl (C=O) groups excluding carboxylic acids is 1. The minimum absolute atomic E-state index is 0.573. The average molecular weight is 271 g/mol. The average Bonchev–Trinajstić information content (AvgIpc) is 2.08. The summed E-state index contributed by atoms with van der Waals surface area (Å²) in [7, 11) is 0. The number of halogens is 1. The molecule has 1 aromatic rings. The van der Waals surface area contributed by atoms with Crippen LogP contribution in [-0.2, 0) is 0 Å². The molecule has 0 N–H and O–H groups in total. The van der Waals surface area contributed by atoms with Crippen molar-refractivity contribution in [3.63, 3.8) is 0 Å². The zero-order valence-corrected chi connectivity index (χ0v) is 8.62. The Hall–Kier alpha value is -0.890. The maximum absolute atomic E-state index is 10.5. The predicted octanol–water partition coefficient (Wildman–Crippen LogP) is 2.28. The summed E-state index contributed by atoms with van der Waals surface area (Å²) in [5.41, 5.74) is 1.93. The van der Waals surface area contributed by atoms with E-state index < -0.39 is 0 Å². The molecule has 60 valence electrons. The van der Waals surface area contributed by atoms with E-state index in [0.29, 0.717) is 11.1 Å². The Balaban J connectivity index is 3.44. The number of hydrogen-bond donors (Lipinski definition) is 0. The molecule has 0 amide bonds. The molecular weight excluding hydrogens is 265 g/mol. The van der Waals surface area contributed by atoms with Crippen molar-refractivity contribution in [3.8, 4) is 6.07 Å². The Labute approximate surface area is 84.3 Å². The van der Waals surface area contributed by atoms with Crippen molar-refractivity contribution in [2.75, 3.05) is 0 Å². The Morgan fingerprint density at radius 3 is 2.75 bits per heavy atom. The fourth-order valence-corrected chi connectivity index (χ4v) is 1.59. The first-order chi connectivity index (χ1) is 5.69. The van der Waals surface area contributed by atoms with Gasteiger partial charge >= 0.3 is 0 Å². The van der Waals surface area contributed by atoms with Crippen molar-refractivity contribution in [3.05, 3.63) is 32.4 Å². The second-order valence-electron chi connectivity index (χ2n) is 2.40. The Morgan fingerprint density at radius 1 is 1.58 bits per heavy atom. The predicted molar refractivity (Wildman–Crippen MR) is 54.0 cm³/mol. The summed E-state index contributed by atoms with van der Waals surface area (Å²) in [4.78, 5) is 10.5. The third-order valence-corrected chi connectivity index (χ3v) is 2.28. The van der Waals surface area contributed by atoms with E-state index in [1.54, 1.807) is 19.1 Å². The van der Waals surface area contributed by atoms with Crippen molar-refractivity contribution in [1.82, 2.24) is 0 Å². The van der Waals surface area contributed by atoms with Crippen LogP contribution in [0.25, 0.3) is 0 Å². The molecule has 0 heterocycles. The summed E-state index contributed by atoms with van der Waals surface area (Å²) >= 11 is 2.08. The Kier molecular flexibility index (Phi) is 2.82. The first-order valence-corrected chi connectivity index (χ1v) is 4.42. The maximum Gasteiger partial charge on any atom is 0.150 e. The lowest BCUT2D eigenvalue weighted by Gasteiger charge is -2.00. The summed E-state index contributed by atoms with van der Waals surface area (Å²) < 4.78 is 0.914. The van der Waals surface area contributed by atoms with Crippen LogP contribution in [0.2, 0.25) is 0 Å². The van der Waals surface area contributed by atoms with E-state index in [1.165, 1.54) is 0 Å². The Morgan fingerprint density at radius 2 is 2.25 bits per heavy atom. The van der Waals surface area contributed by atoms with Crippen molar-refractivity contribution < 1.29 is 4.79 Å². The lowest BCUT2D eigenvalue weighted by Crippen LogP contribution is -1.92.